The van der Waals surface area contributed by atoms with Crippen molar-refractivity contribution in [3.05, 3.63) is 0 Å². The molecule has 1 fully saturated rings. The number of morpholine rings is 1. The Balaban J connectivity index is 2.36. The molecule has 0 aromatic heterocycles. The van der Waals surface area contributed by atoms with Crippen LogP contribution in [-0.4, -0.2) is 59.9 Å². The molecule has 0 saturated carbocycles. The van der Waals surface area contributed by atoms with E-state index in [-0.39, 0.29) is 30.3 Å². The van der Waals surface area contributed by atoms with Crippen LogP contribution in [0.25, 0.3) is 0 Å². The number of nitrogens with zero attached hydrogens (tertiary/aromatic N) is 1. The van der Waals surface area contributed by atoms with Gasteiger partial charge < -0.3 is 15.2 Å². The fourth-order valence-corrected chi connectivity index (χ4v) is 2.93. The highest BCUT2D eigenvalue weighted by atomic mass is 16.5. The number of hydrogen-bond donors (Lipinski definition) is 2. The molecular weight excluding hydrogens is 268 g/mol. The minimum Gasteiger partial charge on any atom is -0.394 e. The Bertz CT molecular complexity index is 321. The number of nitrogens with one attached hydrogen (secondary N) is 1. The van der Waals surface area contributed by atoms with Gasteiger partial charge in [0.15, 0.2) is 0 Å². The summed E-state index contributed by atoms with van der Waals surface area (Å²) in [6, 6.07) is 0.228. The highest BCUT2D eigenvalue weighted by Crippen LogP contribution is 2.20. The molecule has 1 aliphatic heterocycles. The van der Waals surface area contributed by atoms with Gasteiger partial charge in [0.1, 0.15) is 0 Å². The zero-order chi connectivity index (χ0) is 15.9. The largest absolute Gasteiger partial charge is 0.394 e. The lowest BCUT2D eigenvalue weighted by Gasteiger charge is -2.42. The lowest BCUT2D eigenvalue weighted by atomic mass is 10.1. The summed E-state index contributed by atoms with van der Waals surface area (Å²) in [6.07, 6.45) is 4.41. The SMILES string of the molecule is CCCCCC(C)NC(=O)CN1CC(CO)OC(C)(C)C1. The topological polar surface area (TPSA) is 61.8 Å². The molecule has 2 N–H and O–H groups in total. The summed E-state index contributed by atoms with van der Waals surface area (Å²) in [6.45, 7) is 9.92. The molecule has 0 aromatic rings. The lowest BCUT2D eigenvalue weighted by Crippen LogP contribution is -2.56. The number of hydrogen-bond acceptors (Lipinski definition) is 4. The highest BCUT2D eigenvalue weighted by Gasteiger charge is 2.33. The lowest BCUT2D eigenvalue weighted by molar-refractivity contribution is -0.153. The molecule has 2 atom stereocenters. The van der Waals surface area contributed by atoms with Crippen molar-refractivity contribution >= 4 is 5.91 Å². The Morgan fingerprint density at radius 1 is 1.48 bits per heavy atom. The Morgan fingerprint density at radius 2 is 2.19 bits per heavy atom. The number of ether oxygens (including phenoxy) is 1. The van der Waals surface area contributed by atoms with E-state index in [1.165, 1.54) is 12.8 Å². The fraction of sp³-hybridized carbons (Fsp3) is 0.938. The van der Waals surface area contributed by atoms with E-state index in [9.17, 15) is 9.90 Å². The van der Waals surface area contributed by atoms with Gasteiger partial charge in [-0.2, -0.15) is 0 Å². The summed E-state index contributed by atoms with van der Waals surface area (Å²) in [5.74, 6) is 0.0633. The molecule has 124 valence electrons. The van der Waals surface area contributed by atoms with Crippen LogP contribution in [0.4, 0.5) is 0 Å². The number of aliphatic hydroxyl groups excluding tert-OH is 1. The summed E-state index contributed by atoms with van der Waals surface area (Å²) in [7, 11) is 0. The molecule has 2 unspecified atom stereocenters. The van der Waals surface area contributed by atoms with Gasteiger partial charge in [0.2, 0.25) is 5.91 Å². The summed E-state index contributed by atoms with van der Waals surface area (Å²) >= 11 is 0. The molecule has 0 aromatic carbocycles. The van der Waals surface area contributed by atoms with E-state index >= 15 is 0 Å². The van der Waals surface area contributed by atoms with E-state index in [0.717, 1.165) is 12.8 Å². The van der Waals surface area contributed by atoms with E-state index in [4.69, 9.17) is 4.74 Å². The molecule has 5 nitrogen and oxygen atoms in total. The van der Waals surface area contributed by atoms with Gasteiger partial charge in [-0.15, -0.1) is 0 Å². The second kappa shape index (κ2) is 8.71. The molecule has 5 heteroatoms. The van der Waals surface area contributed by atoms with Gasteiger partial charge in [-0.1, -0.05) is 26.2 Å². The second-order valence-electron chi connectivity index (χ2n) is 6.82. The number of carbonyl (C=O) groups is 1. The molecule has 0 radical (unpaired) electrons. The van der Waals surface area contributed by atoms with Crippen LogP contribution in [0, 0.1) is 0 Å². The average Bonchev–Trinajstić information content (AvgIpc) is 2.36. The maximum absolute atomic E-state index is 12.1. The molecule has 1 saturated heterocycles. The summed E-state index contributed by atoms with van der Waals surface area (Å²) in [4.78, 5) is 14.2. The van der Waals surface area contributed by atoms with Crippen molar-refractivity contribution in [2.24, 2.45) is 0 Å². The summed E-state index contributed by atoms with van der Waals surface area (Å²) in [5, 5.41) is 12.4. The van der Waals surface area contributed by atoms with Crippen molar-refractivity contribution in [2.45, 2.75) is 71.1 Å². The third kappa shape index (κ3) is 7.25. The molecule has 21 heavy (non-hydrogen) atoms. The molecule has 0 spiro atoms. The first-order valence-electron chi connectivity index (χ1n) is 8.16. The second-order valence-corrected chi connectivity index (χ2v) is 6.82. The van der Waals surface area contributed by atoms with E-state index in [1.54, 1.807) is 0 Å². The Kier molecular flexibility index (Phi) is 7.63. The standard InChI is InChI=1S/C16H32N2O3/c1-5-6-7-8-13(2)17-15(20)10-18-9-14(11-19)21-16(3,4)12-18/h13-14,19H,5-12H2,1-4H3,(H,17,20). The van der Waals surface area contributed by atoms with Crippen LogP contribution in [0.5, 0.6) is 0 Å². The van der Waals surface area contributed by atoms with Gasteiger partial charge in [0.25, 0.3) is 0 Å². The quantitative estimate of drug-likeness (QED) is 0.668. The van der Waals surface area contributed by atoms with E-state index in [1.807, 2.05) is 13.8 Å². The normalized spacial score (nSPS) is 23.8. The first-order chi connectivity index (χ1) is 9.86. The van der Waals surface area contributed by atoms with Crippen molar-refractivity contribution < 1.29 is 14.6 Å². The fourth-order valence-electron chi connectivity index (χ4n) is 2.93. The van der Waals surface area contributed by atoms with E-state index < -0.39 is 0 Å². The molecule has 1 rings (SSSR count). The molecular formula is C16H32N2O3. The summed E-state index contributed by atoms with van der Waals surface area (Å²) < 4.78 is 5.76. The first kappa shape index (κ1) is 18.4. The third-order valence-electron chi connectivity index (χ3n) is 3.77. The van der Waals surface area contributed by atoms with Crippen LogP contribution < -0.4 is 5.32 Å². The van der Waals surface area contributed by atoms with Crippen LogP contribution in [0.15, 0.2) is 0 Å². The number of rotatable bonds is 8. The van der Waals surface area contributed by atoms with Crippen LogP contribution in [0.3, 0.4) is 0 Å². The monoisotopic (exact) mass is 300 g/mol. The first-order valence-corrected chi connectivity index (χ1v) is 8.16. The molecule has 1 heterocycles. The van der Waals surface area contributed by atoms with Gasteiger partial charge in [0, 0.05) is 19.1 Å². The van der Waals surface area contributed by atoms with Gasteiger partial charge >= 0.3 is 0 Å². The van der Waals surface area contributed by atoms with Crippen LogP contribution >= 0.6 is 0 Å². The van der Waals surface area contributed by atoms with Crippen LogP contribution in [0.2, 0.25) is 0 Å². The minimum atomic E-state index is -0.321. The predicted octanol–water partition coefficient (Wildman–Crippen LogP) is 1.54. The third-order valence-corrected chi connectivity index (χ3v) is 3.77. The smallest absolute Gasteiger partial charge is 0.234 e. The zero-order valence-corrected chi connectivity index (χ0v) is 14.0. The molecule has 0 bridgehead atoms. The Morgan fingerprint density at radius 3 is 2.81 bits per heavy atom. The maximum Gasteiger partial charge on any atom is 0.234 e. The average molecular weight is 300 g/mol. The zero-order valence-electron chi connectivity index (χ0n) is 14.0. The molecule has 1 aliphatic rings. The number of carbonyl (C=O) groups excluding carboxylic acids is 1. The molecule has 0 aliphatic carbocycles. The highest BCUT2D eigenvalue weighted by molar-refractivity contribution is 5.78. The van der Waals surface area contributed by atoms with Crippen molar-refractivity contribution in [2.75, 3.05) is 26.2 Å². The summed E-state index contributed by atoms with van der Waals surface area (Å²) in [5.41, 5.74) is -0.321. The maximum atomic E-state index is 12.1. The predicted molar refractivity (Wildman–Crippen MR) is 84.2 cm³/mol. The van der Waals surface area contributed by atoms with Crippen molar-refractivity contribution in [3.8, 4) is 0 Å². The molecule has 1 amide bonds. The minimum absolute atomic E-state index is 0.00499. The van der Waals surface area contributed by atoms with Crippen molar-refractivity contribution in [1.82, 2.24) is 10.2 Å². The number of aliphatic hydroxyl groups is 1. The van der Waals surface area contributed by atoms with Crippen LogP contribution in [0.1, 0.15) is 53.4 Å². The van der Waals surface area contributed by atoms with E-state index in [2.05, 4.69) is 24.1 Å². The Hall–Kier alpha value is -0.650. The van der Waals surface area contributed by atoms with Crippen LogP contribution in [-0.2, 0) is 9.53 Å². The van der Waals surface area contributed by atoms with Gasteiger partial charge in [-0.05, 0) is 27.2 Å². The van der Waals surface area contributed by atoms with Gasteiger partial charge in [-0.25, -0.2) is 0 Å². The van der Waals surface area contributed by atoms with E-state index in [0.29, 0.717) is 19.6 Å². The number of unbranched alkanes of at least 4 members (excludes halogenated alkanes) is 2. The van der Waals surface area contributed by atoms with Crippen molar-refractivity contribution in [3.63, 3.8) is 0 Å². The van der Waals surface area contributed by atoms with Gasteiger partial charge in [-0.3, -0.25) is 9.69 Å². The Labute approximate surface area is 129 Å². The van der Waals surface area contributed by atoms with Crippen molar-refractivity contribution in [1.29, 1.82) is 0 Å². The van der Waals surface area contributed by atoms with Gasteiger partial charge in [0.05, 0.1) is 24.9 Å². The number of amides is 1.